The van der Waals surface area contributed by atoms with Gasteiger partial charge >= 0.3 is 0 Å². The van der Waals surface area contributed by atoms with Crippen molar-refractivity contribution in [3.8, 4) is 0 Å². The third kappa shape index (κ3) is 2.53. The van der Waals surface area contributed by atoms with Gasteiger partial charge < -0.3 is 0 Å². The van der Waals surface area contributed by atoms with Gasteiger partial charge in [0.15, 0.2) is 8.15 Å². The molecule has 0 aliphatic rings. The van der Waals surface area contributed by atoms with Crippen LogP contribution in [0.4, 0.5) is 0 Å². The first-order chi connectivity index (χ1) is 1.91. The molecular weight excluding hydrogens is 90.0 g/mol. The van der Waals surface area contributed by atoms with E-state index in [0.29, 0.717) is 8.27 Å². The van der Waals surface area contributed by atoms with Gasteiger partial charge in [0.2, 0.25) is 0 Å². The fraction of sp³-hybridized carbons (Fsp3) is 1.00. The van der Waals surface area contributed by atoms with E-state index in [0.717, 1.165) is 0 Å². The quantitative estimate of drug-likeness (QED) is 0.450. The predicted molar refractivity (Wildman–Crippen MR) is 21.8 cm³/mol. The van der Waals surface area contributed by atoms with E-state index in [2.05, 4.69) is 0 Å². The first kappa shape index (κ1) is 4.53. The van der Waals surface area contributed by atoms with Crippen LogP contribution in [0.3, 0.4) is 0 Å². The molecule has 0 fully saturated rings. The molecule has 3 heteroatoms. The van der Waals surface area contributed by atoms with Gasteiger partial charge in [-0.15, -0.1) is 0 Å². The molecular formula is CH4OP2. The maximum absolute atomic E-state index is 9.28. The maximum Gasteiger partial charge on any atom is 0.177 e. The summed E-state index contributed by atoms with van der Waals surface area (Å²) in [5.41, 5.74) is 0. The van der Waals surface area contributed by atoms with Crippen LogP contribution in [-0.4, -0.2) is 6.66 Å². The van der Waals surface area contributed by atoms with Gasteiger partial charge in [-0.1, -0.05) is 0 Å². The van der Waals surface area contributed by atoms with Crippen LogP contribution in [0.5, 0.6) is 0 Å². The third-order valence-electron chi connectivity index (χ3n) is 0.0913. The highest BCUT2D eigenvalue weighted by Gasteiger charge is 1.54. The average Bonchev–Trinajstić information content (AvgIpc) is 1.37. The summed E-state index contributed by atoms with van der Waals surface area (Å²) in [6.07, 6.45) is 0. The van der Waals surface area contributed by atoms with E-state index in [9.17, 15) is 4.57 Å². The molecule has 4 heavy (non-hydrogen) atoms. The van der Waals surface area contributed by atoms with Gasteiger partial charge in [0.05, 0.1) is 0 Å². The van der Waals surface area contributed by atoms with Gasteiger partial charge in [0.25, 0.3) is 0 Å². The first-order valence-electron chi connectivity index (χ1n) is 0.906. The molecule has 0 saturated heterocycles. The lowest BCUT2D eigenvalue weighted by atomic mass is 12.0. The molecule has 1 unspecified atom stereocenters. The highest BCUT2D eigenvalue weighted by molar-refractivity contribution is 8.05. The Hall–Kier alpha value is 0.530. The van der Waals surface area contributed by atoms with Gasteiger partial charge in [0.1, 0.15) is 0 Å². The van der Waals surface area contributed by atoms with Gasteiger partial charge in [-0.25, -0.2) is 0 Å². The minimum Gasteiger partial charge on any atom is -0.270 e. The molecule has 0 heterocycles. The highest BCUT2D eigenvalue weighted by Crippen LogP contribution is 2.18. The van der Waals surface area contributed by atoms with Gasteiger partial charge in [-0.2, -0.15) is 0 Å². The largest absolute Gasteiger partial charge is 0.270 e. The monoisotopic (exact) mass is 94.0 g/mol. The molecule has 0 bridgehead atoms. The molecule has 0 spiro atoms. The summed E-state index contributed by atoms with van der Waals surface area (Å²) < 4.78 is 9.28. The Balaban J connectivity index is 2.30. The lowest BCUT2D eigenvalue weighted by Gasteiger charge is -1.50. The molecule has 0 radical (unpaired) electrons. The normalized spacial score (nSPS) is 11.2. The molecule has 0 saturated carbocycles. The molecule has 0 aromatic carbocycles. The van der Waals surface area contributed by atoms with Crippen molar-refractivity contribution in [2.45, 2.75) is 0 Å². The molecule has 0 aromatic rings. The van der Waals surface area contributed by atoms with E-state index in [1.165, 1.54) is 0 Å². The van der Waals surface area contributed by atoms with Crippen molar-refractivity contribution < 1.29 is 4.57 Å². The minimum atomic E-state index is 0.276. The van der Waals surface area contributed by atoms with Gasteiger partial charge in [0, 0.05) is 0 Å². The zero-order valence-corrected chi connectivity index (χ0v) is 4.25. The van der Waals surface area contributed by atoms with E-state index in [1.54, 1.807) is 0 Å². The lowest BCUT2D eigenvalue weighted by molar-refractivity contribution is 0.605. The lowest BCUT2D eigenvalue weighted by Crippen LogP contribution is -1.05. The van der Waals surface area contributed by atoms with E-state index in [1.807, 2.05) is 6.66 Å². The van der Waals surface area contributed by atoms with Gasteiger partial charge in [-0.05, 0) is 14.9 Å². The second kappa shape index (κ2) is 3.53. The van der Waals surface area contributed by atoms with E-state index in [4.69, 9.17) is 0 Å². The predicted octanol–water partition coefficient (Wildman–Crippen LogP) is 1.50. The van der Waals surface area contributed by atoms with Gasteiger partial charge in [-0.3, -0.25) is 4.57 Å². The number of hydrogen-bond donors (Lipinski definition) is 0. The molecule has 0 aliphatic carbocycles. The topological polar surface area (TPSA) is 17.1 Å². The van der Waals surface area contributed by atoms with E-state index >= 15 is 0 Å². The van der Waals surface area contributed by atoms with Crippen LogP contribution in [-0.2, 0) is 4.57 Å². The van der Waals surface area contributed by atoms with Crippen molar-refractivity contribution in [2.75, 3.05) is 6.66 Å². The summed E-state index contributed by atoms with van der Waals surface area (Å²) in [6, 6.07) is 0. The minimum absolute atomic E-state index is 0.276. The van der Waals surface area contributed by atoms with Crippen LogP contribution in [0.15, 0.2) is 0 Å². The summed E-state index contributed by atoms with van der Waals surface area (Å²) >= 11 is 0. The Kier molecular flexibility index (Phi) is 4.00. The van der Waals surface area contributed by atoms with E-state index in [-0.39, 0.29) is 8.15 Å². The molecule has 0 aliphatic heterocycles. The number of rotatable bonds is 1. The summed E-state index contributed by atoms with van der Waals surface area (Å²) in [5.74, 6) is 0. The Bertz CT molecular complexity index is 20.0. The first-order valence-corrected chi connectivity index (χ1v) is 4.06. The number of hydrogen-bond acceptors (Lipinski definition) is 1. The van der Waals surface area contributed by atoms with Crippen LogP contribution < -0.4 is 0 Å². The van der Waals surface area contributed by atoms with Crippen LogP contribution in [0, 0.1) is 0 Å². The second-order valence-electron chi connectivity index (χ2n) is 0.315. The standard InChI is InChI=1S/CH4OP2/c1-3-4-2/h3H,1H3. The summed E-state index contributed by atoms with van der Waals surface area (Å²) in [5, 5.41) is 0. The van der Waals surface area contributed by atoms with Crippen molar-refractivity contribution in [3.05, 3.63) is 0 Å². The summed E-state index contributed by atoms with van der Waals surface area (Å²) in [6.45, 7) is 1.88. The van der Waals surface area contributed by atoms with Crippen molar-refractivity contribution in [3.63, 3.8) is 0 Å². The third-order valence-corrected chi connectivity index (χ3v) is 0.822. The molecule has 24 valence electrons. The Morgan fingerprint density at radius 1 is 2.00 bits per heavy atom. The molecule has 1 nitrogen and oxygen atoms in total. The zero-order valence-electron chi connectivity index (χ0n) is 2.36. The van der Waals surface area contributed by atoms with Crippen LogP contribution in [0.2, 0.25) is 0 Å². The van der Waals surface area contributed by atoms with Crippen molar-refractivity contribution >= 4 is 16.4 Å². The molecule has 0 aromatic heterocycles. The SMILES string of the molecule is CPP=O. The smallest absolute Gasteiger partial charge is 0.177 e. The highest BCUT2D eigenvalue weighted by atomic mass is 32.0. The summed E-state index contributed by atoms with van der Waals surface area (Å²) in [4.78, 5) is 0. The maximum atomic E-state index is 9.28. The van der Waals surface area contributed by atoms with Crippen molar-refractivity contribution in [1.29, 1.82) is 0 Å². The molecule has 0 amide bonds. The van der Waals surface area contributed by atoms with Crippen molar-refractivity contribution in [2.24, 2.45) is 0 Å². The summed E-state index contributed by atoms with van der Waals surface area (Å²) in [7, 11) is 0.833. The Morgan fingerprint density at radius 3 is 2.25 bits per heavy atom. The Labute approximate surface area is 28.7 Å². The Morgan fingerprint density at radius 2 is 2.25 bits per heavy atom. The molecule has 1 atom stereocenters. The van der Waals surface area contributed by atoms with E-state index < -0.39 is 0 Å². The fourth-order valence-corrected chi connectivity index (χ4v) is 0. The fourth-order valence-electron chi connectivity index (χ4n) is 0. The van der Waals surface area contributed by atoms with Crippen molar-refractivity contribution in [1.82, 2.24) is 0 Å². The van der Waals surface area contributed by atoms with Crippen LogP contribution in [0.1, 0.15) is 0 Å². The molecule has 0 N–H and O–H groups in total. The average molecular weight is 94.0 g/mol. The second-order valence-corrected chi connectivity index (χ2v) is 2.83. The van der Waals surface area contributed by atoms with Crippen LogP contribution in [0.25, 0.3) is 0 Å². The zero-order chi connectivity index (χ0) is 3.41. The van der Waals surface area contributed by atoms with Crippen LogP contribution >= 0.6 is 16.4 Å². The molecule has 0 rings (SSSR count).